The van der Waals surface area contributed by atoms with E-state index in [-0.39, 0.29) is 17.8 Å². The second-order valence-corrected chi connectivity index (χ2v) is 6.32. The second-order valence-electron chi connectivity index (χ2n) is 6.32. The van der Waals surface area contributed by atoms with Crippen molar-refractivity contribution >= 4 is 34.2 Å². The predicted octanol–water partition coefficient (Wildman–Crippen LogP) is 3.84. The summed E-state index contributed by atoms with van der Waals surface area (Å²) in [6.07, 6.45) is 2.05. The molecule has 6 nitrogen and oxygen atoms in total. The standard InChI is InChI=1S/C19H17FN4O2/c20-12-1-8-16-11(9-12)10-17(24-16)18(25)21-13-2-4-14(5-3-13)22-19(26)23-15-6-7-15/h1-5,8-10,15,24H,6-7H2,(H,21,25)(H2,22,23,26). The smallest absolute Gasteiger partial charge is 0.319 e. The van der Waals surface area contributed by atoms with Crippen molar-refractivity contribution in [3.8, 4) is 0 Å². The molecule has 2 aromatic carbocycles. The number of carbonyl (C=O) groups is 2. The van der Waals surface area contributed by atoms with Gasteiger partial charge in [-0.2, -0.15) is 0 Å². The van der Waals surface area contributed by atoms with Gasteiger partial charge >= 0.3 is 6.03 Å². The molecule has 0 radical (unpaired) electrons. The highest BCUT2D eigenvalue weighted by Gasteiger charge is 2.23. The highest BCUT2D eigenvalue weighted by molar-refractivity contribution is 6.06. The van der Waals surface area contributed by atoms with Crippen molar-refractivity contribution in [2.75, 3.05) is 10.6 Å². The van der Waals surface area contributed by atoms with Crippen LogP contribution in [-0.4, -0.2) is 23.0 Å². The minimum atomic E-state index is -0.350. The van der Waals surface area contributed by atoms with Gasteiger partial charge in [-0.1, -0.05) is 0 Å². The Kier molecular flexibility index (Phi) is 4.04. The highest BCUT2D eigenvalue weighted by atomic mass is 19.1. The summed E-state index contributed by atoms with van der Waals surface area (Å²) in [6.45, 7) is 0. The zero-order valence-electron chi connectivity index (χ0n) is 13.8. The number of benzene rings is 2. The van der Waals surface area contributed by atoms with Gasteiger partial charge in [-0.15, -0.1) is 0 Å². The molecule has 132 valence electrons. The number of aromatic nitrogens is 1. The molecule has 1 saturated carbocycles. The van der Waals surface area contributed by atoms with Crippen LogP contribution >= 0.6 is 0 Å². The summed E-state index contributed by atoms with van der Waals surface area (Å²) in [6, 6.07) is 12.8. The van der Waals surface area contributed by atoms with Crippen LogP contribution in [0.2, 0.25) is 0 Å². The minimum absolute atomic E-state index is 0.227. The number of H-pyrrole nitrogens is 1. The van der Waals surface area contributed by atoms with E-state index >= 15 is 0 Å². The van der Waals surface area contributed by atoms with E-state index in [0.29, 0.717) is 34.0 Å². The molecule has 0 saturated heterocycles. The van der Waals surface area contributed by atoms with E-state index in [1.807, 2.05) is 0 Å². The molecule has 0 unspecified atom stereocenters. The van der Waals surface area contributed by atoms with Gasteiger partial charge in [-0.25, -0.2) is 9.18 Å². The first-order valence-corrected chi connectivity index (χ1v) is 8.34. The zero-order valence-corrected chi connectivity index (χ0v) is 13.8. The van der Waals surface area contributed by atoms with Crippen molar-refractivity contribution in [1.82, 2.24) is 10.3 Å². The number of hydrogen-bond donors (Lipinski definition) is 4. The number of amides is 3. The quantitative estimate of drug-likeness (QED) is 0.575. The second kappa shape index (κ2) is 6.51. The molecule has 4 N–H and O–H groups in total. The van der Waals surface area contributed by atoms with E-state index in [4.69, 9.17) is 0 Å². The van der Waals surface area contributed by atoms with Crippen LogP contribution in [0, 0.1) is 5.82 Å². The Morgan fingerprint density at radius 3 is 2.35 bits per heavy atom. The minimum Gasteiger partial charge on any atom is -0.351 e. The normalized spacial score (nSPS) is 13.4. The SMILES string of the molecule is O=C(Nc1ccc(NC(=O)c2cc3cc(F)ccc3[nH]2)cc1)NC1CC1. The molecule has 1 fully saturated rings. The van der Waals surface area contributed by atoms with Crippen molar-refractivity contribution in [3.63, 3.8) is 0 Å². The fourth-order valence-corrected chi connectivity index (χ4v) is 2.64. The Hall–Kier alpha value is -3.35. The van der Waals surface area contributed by atoms with Gasteiger partial charge in [0, 0.05) is 28.3 Å². The fourth-order valence-electron chi connectivity index (χ4n) is 2.64. The van der Waals surface area contributed by atoms with Crippen LogP contribution < -0.4 is 16.0 Å². The third-order valence-corrected chi connectivity index (χ3v) is 4.14. The molecule has 4 rings (SSSR count). The summed E-state index contributed by atoms with van der Waals surface area (Å²) in [5.74, 6) is -0.675. The first kappa shape index (κ1) is 16.1. The molecule has 0 spiro atoms. The maximum absolute atomic E-state index is 13.2. The molecule has 1 aromatic heterocycles. The molecule has 0 aliphatic heterocycles. The number of anilines is 2. The largest absolute Gasteiger partial charge is 0.351 e. The third kappa shape index (κ3) is 3.66. The molecule has 1 aliphatic rings. The number of nitrogens with one attached hydrogen (secondary N) is 4. The van der Waals surface area contributed by atoms with Crippen LogP contribution in [0.5, 0.6) is 0 Å². The van der Waals surface area contributed by atoms with E-state index in [0.717, 1.165) is 12.8 Å². The number of halogens is 1. The van der Waals surface area contributed by atoms with E-state index in [1.54, 1.807) is 36.4 Å². The van der Waals surface area contributed by atoms with Crippen molar-refractivity contribution < 1.29 is 14.0 Å². The first-order chi connectivity index (χ1) is 12.6. The lowest BCUT2D eigenvalue weighted by atomic mass is 10.2. The van der Waals surface area contributed by atoms with Crippen molar-refractivity contribution in [1.29, 1.82) is 0 Å². The van der Waals surface area contributed by atoms with Gasteiger partial charge in [0.05, 0.1) is 0 Å². The van der Waals surface area contributed by atoms with Crippen LogP contribution in [-0.2, 0) is 0 Å². The molecule has 1 aliphatic carbocycles. The summed E-state index contributed by atoms with van der Waals surface area (Å²) < 4.78 is 13.2. The monoisotopic (exact) mass is 352 g/mol. The van der Waals surface area contributed by atoms with Crippen molar-refractivity contribution in [3.05, 3.63) is 60.0 Å². The van der Waals surface area contributed by atoms with Gasteiger partial charge in [0.2, 0.25) is 0 Å². The summed E-state index contributed by atoms with van der Waals surface area (Å²) in [4.78, 5) is 27.0. The van der Waals surface area contributed by atoms with Gasteiger partial charge in [-0.05, 0) is 61.4 Å². The number of urea groups is 1. The van der Waals surface area contributed by atoms with E-state index in [9.17, 15) is 14.0 Å². The van der Waals surface area contributed by atoms with Crippen LogP contribution in [0.4, 0.5) is 20.6 Å². The molecular weight excluding hydrogens is 335 g/mol. The van der Waals surface area contributed by atoms with Crippen LogP contribution in [0.15, 0.2) is 48.5 Å². The Morgan fingerprint density at radius 1 is 0.962 bits per heavy atom. The van der Waals surface area contributed by atoms with E-state index in [2.05, 4.69) is 20.9 Å². The Morgan fingerprint density at radius 2 is 1.65 bits per heavy atom. The molecule has 3 amide bonds. The van der Waals surface area contributed by atoms with Gasteiger partial charge in [0.15, 0.2) is 0 Å². The number of hydrogen-bond acceptors (Lipinski definition) is 2. The topological polar surface area (TPSA) is 86.0 Å². The molecule has 26 heavy (non-hydrogen) atoms. The molecule has 1 heterocycles. The molecule has 3 aromatic rings. The summed E-state index contributed by atoms with van der Waals surface area (Å²) in [7, 11) is 0. The first-order valence-electron chi connectivity index (χ1n) is 8.34. The Balaban J connectivity index is 1.40. The van der Waals surface area contributed by atoms with Crippen LogP contribution in [0.25, 0.3) is 10.9 Å². The maximum atomic E-state index is 13.2. The molecular formula is C19H17FN4O2. The van der Waals surface area contributed by atoms with Crippen LogP contribution in [0.1, 0.15) is 23.3 Å². The van der Waals surface area contributed by atoms with Gasteiger partial charge < -0.3 is 20.9 Å². The summed E-state index contributed by atoms with van der Waals surface area (Å²) >= 11 is 0. The number of carbonyl (C=O) groups excluding carboxylic acids is 2. The van der Waals surface area contributed by atoms with Gasteiger partial charge in [0.25, 0.3) is 5.91 Å². The zero-order chi connectivity index (χ0) is 18.1. The highest BCUT2D eigenvalue weighted by Crippen LogP contribution is 2.20. The Bertz CT molecular complexity index is 977. The van der Waals surface area contributed by atoms with Crippen molar-refractivity contribution in [2.24, 2.45) is 0 Å². The molecule has 7 heteroatoms. The van der Waals surface area contributed by atoms with E-state index < -0.39 is 0 Å². The maximum Gasteiger partial charge on any atom is 0.319 e. The van der Waals surface area contributed by atoms with E-state index in [1.165, 1.54) is 12.1 Å². The Labute approximate surface area is 148 Å². The summed E-state index contributed by atoms with van der Waals surface area (Å²) in [5.41, 5.74) is 2.27. The van der Waals surface area contributed by atoms with Gasteiger partial charge in [0.1, 0.15) is 11.5 Å². The van der Waals surface area contributed by atoms with Crippen molar-refractivity contribution in [2.45, 2.75) is 18.9 Å². The lowest BCUT2D eigenvalue weighted by Gasteiger charge is -2.08. The van der Waals surface area contributed by atoms with Crippen LogP contribution in [0.3, 0.4) is 0 Å². The lowest BCUT2D eigenvalue weighted by Crippen LogP contribution is -2.30. The lowest BCUT2D eigenvalue weighted by molar-refractivity contribution is 0.102. The molecule has 0 atom stereocenters. The molecule has 0 bridgehead atoms. The third-order valence-electron chi connectivity index (χ3n) is 4.14. The average Bonchev–Trinajstić information content (AvgIpc) is 3.31. The average molecular weight is 352 g/mol. The van der Waals surface area contributed by atoms with Gasteiger partial charge in [-0.3, -0.25) is 4.79 Å². The number of fused-ring (bicyclic) bond motifs is 1. The predicted molar refractivity (Wildman–Crippen MR) is 97.8 cm³/mol. The number of rotatable bonds is 4. The number of aromatic amines is 1. The summed E-state index contributed by atoms with van der Waals surface area (Å²) in [5, 5.41) is 8.98. The fraction of sp³-hybridized carbons (Fsp3) is 0.158.